The van der Waals surface area contributed by atoms with E-state index >= 15 is 0 Å². The number of halogens is 3. The maximum absolute atomic E-state index is 12.2. The van der Waals surface area contributed by atoms with Crippen LogP contribution in [-0.4, -0.2) is 89.6 Å². The molecule has 6 rings (SSSR count). The Morgan fingerprint density at radius 1 is 0.695 bits per heavy atom. The second kappa shape index (κ2) is 24.2. The number of nitrogens with zero attached hydrogens (tertiary/aromatic N) is 1. The number of aromatic nitrogens is 2. The van der Waals surface area contributed by atoms with E-state index in [4.69, 9.17) is 48.6 Å². The molecule has 2 heterocycles. The van der Waals surface area contributed by atoms with Crippen molar-refractivity contribution in [2.24, 2.45) is 0 Å². The SMILES string of the molecule is CSc1nc2cc(Oc3cccc(Cl)c3Cl)c(Cl)cc2[nH]1.O=S(=O)([O-])c1cc([O][Sb]2[O]c3cc(S(=O)(=O)[O-])cc(S(=O)(=O)[O-])c3[O]2)c([O-])c(S(=O)(=O)[O-])c1.[Na+].[Na+].[Na+].[Na+].[Na+]. The average molecular weight is 1130 g/mol. The molecule has 1 aliphatic rings. The number of fused-ring (bicyclic) bond motifs is 2. The van der Waals surface area contributed by atoms with Crippen LogP contribution in [0.2, 0.25) is 15.1 Å². The summed E-state index contributed by atoms with van der Waals surface area (Å²) in [5.74, 6) is -3.67. The molecule has 0 radical (unpaired) electrons. The van der Waals surface area contributed by atoms with Crippen molar-refractivity contribution in [2.75, 3.05) is 6.26 Å². The van der Waals surface area contributed by atoms with Gasteiger partial charge in [0, 0.05) is 6.07 Å². The Labute approximate surface area is 474 Å². The summed E-state index contributed by atoms with van der Waals surface area (Å²) in [5, 5.41) is 14.3. The molecule has 290 valence electrons. The van der Waals surface area contributed by atoms with Crippen LogP contribution in [-0.2, 0) is 40.5 Å². The molecule has 0 aliphatic carbocycles. The number of hydrogen-bond acceptors (Lipinski definition) is 19. The third-order valence-electron chi connectivity index (χ3n) is 6.46. The van der Waals surface area contributed by atoms with Crippen LogP contribution in [0.15, 0.2) is 79.3 Å². The minimum absolute atomic E-state index is 0. The summed E-state index contributed by atoms with van der Waals surface area (Å²) >= 11 is 15.4. The van der Waals surface area contributed by atoms with Gasteiger partial charge < -0.3 is 9.72 Å². The summed E-state index contributed by atoms with van der Waals surface area (Å²) in [6.07, 6.45) is 1.95. The zero-order valence-corrected chi connectivity index (χ0v) is 49.6. The fourth-order valence-electron chi connectivity index (χ4n) is 4.13. The Hall–Kier alpha value is 2.03. The number of aromatic amines is 1. The van der Waals surface area contributed by atoms with Crippen LogP contribution in [0.3, 0.4) is 0 Å². The van der Waals surface area contributed by atoms with E-state index in [-0.39, 0.29) is 166 Å². The van der Waals surface area contributed by atoms with Crippen LogP contribution in [0, 0.1) is 0 Å². The minimum atomic E-state index is -5.60. The molecule has 19 nitrogen and oxygen atoms in total. The third-order valence-corrected chi connectivity index (χ3v) is 14.4. The number of imidazole rings is 1. The largest absolute Gasteiger partial charge is 1.00 e. The van der Waals surface area contributed by atoms with Crippen LogP contribution >= 0.6 is 46.6 Å². The topological polar surface area (TPSA) is 317 Å². The fraction of sp³-hybridized carbons (Fsp3) is 0.0385. The van der Waals surface area contributed by atoms with E-state index in [2.05, 4.69) is 9.97 Å². The Morgan fingerprint density at radius 2 is 1.25 bits per heavy atom. The third kappa shape index (κ3) is 15.5. The monoisotopic (exact) mass is 1130 g/mol. The number of rotatable bonds is 9. The Morgan fingerprint density at radius 3 is 1.80 bits per heavy atom. The first-order valence-corrected chi connectivity index (χ1v) is 24.5. The van der Waals surface area contributed by atoms with E-state index in [0.29, 0.717) is 32.6 Å². The van der Waals surface area contributed by atoms with Gasteiger partial charge >= 0.3 is 343 Å². The van der Waals surface area contributed by atoms with Crippen LogP contribution < -0.4 is 167 Å². The van der Waals surface area contributed by atoms with Crippen molar-refractivity contribution in [1.82, 2.24) is 9.97 Å². The van der Waals surface area contributed by atoms with E-state index in [1.807, 2.05) is 6.26 Å². The summed E-state index contributed by atoms with van der Waals surface area (Å²) in [6.45, 7) is 0. The van der Waals surface area contributed by atoms with Crippen molar-refractivity contribution < 1.29 is 219 Å². The van der Waals surface area contributed by atoms with Gasteiger partial charge in [0.1, 0.15) is 16.5 Å². The summed E-state index contributed by atoms with van der Waals surface area (Å²) < 4.78 is 156. The van der Waals surface area contributed by atoms with Gasteiger partial charge in [-0.3, -0.25) is 0 Å². The predicted octanol–water partition coefficient (Wildman–Crippen LogP) is -11.7. The maximum atomic E-state index is 12.2. The molecule has 1 aromatic heterocycles. The van der Waals surface area contributed by atoms with Crippen molar-refractivity contribution in [2.45, 2.75) is 24.7 Å². The molecule has 0 bridgehead atoms. The number of benzene rings is 4. The smallest absolute Gasteiger partial charge is 1.00 e. The molecule has 5 aromatic rings. The zero-order valence-electron chi connectivity index (χ0n) is 30.7. The van der Waals surface area contributed by atoms with Gasteiger partial charge in [-0.25, -0.2) is 4.98 Å². The van der Waals surface area contributed by atoms with Gasteiger partial charge in [-0.2, -0.15) is 0 Å². The number of H-pyrrole nitrogens is 1. The second-order valence-corrected chi connectivity index (χ2v) is 20.3. The van der Waals surface area contributed by atoms with E-state index in [0.717, 1.165) is 16.2 Å². The second-order valence-electron chi connectivity index (χ2n) is 10.0. The molecular weight excluding hydrogens is 1120 g/mol. The van der Waals surface area contributed by atoms with Gasteiger partial charge in [0.2, 0.25) is 0 Å². The fourth-order valence-corrected chi connectivity index (χ4v) is 10.6. The van der Waals surface area contributed by atoms with Crippen LogP contribution in [0.25, 0.3) is 11.0 Å². The van der Waals surface area contributed by atoms with Gasteiger partial charge in [0.25, 0.3) is 0 Å². The quantitative estimate of drug-likeness (QED) is 0.0814. The van der Waals surface area contributed by atoms with Gasteiger partial charge in [-0.05, 0) is 24.5 Å². The molecule has 0 spiro atoms. The van der Waals surface area contributed by atoms with Crippen molar-refractivity contribution in [3.63, 3.8) is 0 Å². The molecule has 1 N–H and O–H groups in total. The van der Waals surface area contributed by atoms with Crippen molar-refractivity contribution in [3.8, 4) is 34.5 Å². The summed E-state index contributed by atoms with van der Waals surface area (Å²) in [6, 6.07) is 9.64. The molecule has 0 amide bonds. The Bertz CT molecular complexity index is 2810. The van der Waals surface area contributed by atoms with Crippen molar-refractivity contribution in [3.05, 3.63) is 69.7 Å². The minimum Gasteiger partial charge on any atom is 1.00 e. The normalized spacial score (nSPS) is 12.3. The van der Waals surface area contributed by atoms with Gasteiger partial charge in [-0.1, -0.05) is 52.6 Å². The molecule has 0 unspecified atom stereocenters. The molecular formula is C26H13Cl3N2Na5O17S5Sb. The van der Waals surface area contributed by atoms with Crippen LogP contribution in [0.1, 0.15) is 0 Å². The molecule has 33 heteroatoms. The van der Waals surface area contributed by atoms with Crippen LogP contribution in [0.4, 0.5) is 0 Å². The molecule has 0 saturated heterocycles. The molecule has 0 atom stereocenters. The molecule has 4 aromatic carbocycles. The van der Waals surface area contributed by atoms with Gasteiger partial charge in [0.15, 0.2) is 5.16 Å². The Balaban J connectivity index is 0.00000113. The molecule has 1 aliphatic heterocycles. The Kier molecular flexibility index (Phi) is 25.0. The summed E-state index contributed by atoms with van der Waals surface area (Å²) in [5.41, 5.74) is 1.63. The molecule has 59 heavy (non-hydrogen) atoms. The first kappa shape index (κ1) is 61.0. The zero-order chi connectivity index (χ0) is 40.1. The molecule has 0 saturated carbocycles. The summed E-state index contributed by atoms with van der Waals surface area (Å²) in [4.78, 5) is 2.01. The van der Waals surface area contributed by atoms with E-state index in [9.17, 15) is 57.0 Å². The standard InChI is InChI=1S/C14H9Cl3N2OS.2C6H6O8S2.5Na.Sb/c1-21-14-18-9-5-8(16)12(6-10(9)19-14)20-11-4-2-3-7(15)13(11)17;2*7-4-1-3(15(9,10)11)2-5(6(4)8)16(12,13)14;;;;;;/h2-6H,1H3,(H,18,19);2*1-2,7-8H,(H,9,10,11)(H,12,13,14);;;;;;/q;;;5*+1;+3/p-8. The first-order valence-electron chi connectivity index (χ1n) is 13.4. The van der Waals surface area contributed by atoms with E-state index in [1.165, 1.54) is 11.8 Å². The number of ether oxygens (including phenoxy) is 1. The number of hydrogen-bond donors (Lipinski definition) is 1. The van der Waals surface area contributed by atoms with E-state index in [1.54, 1.807) is 30.3 Å². The van der Waals surface area contributed by atoms with E-state index < -0.39 is 105 Å². The first-order chi connectivity index (χ1) is 24.9. The van der Waals surface area contributed by atoms with Crippen molar-refractivity contribution >= 4 is 120 Å². The average Bonchev–Trinajstić information content (AvgIpc) is 3.65. The summed E-state index contributed by atoms with van der Waals surface area (Å²) in [7, 11) is -21.8. The van der Waals surface area contributed by atoms with Gasteiger partial charge in [-0.15, -0.1) is 0 Å². The van der Waals surface area contributed by atoms with Gasteiger partial charge in [0.05, 0.1) is 21.1 Å². The van der Waals surface area contributed by atoms with Crippen LogP contribution in [0.5, 0.6) is 34.5 Å². The maximum Gasteiger partial charge on any atom is 1.00 e. The predicted molar refractivity (Wildman–Crippen MR) is 181 cm³/mol. The molecule has 0 fully saturated rings. The number of nitrogens with one attached hydrogen (secondary N) is 1. The van der Waals surface area contributed by atoms with Crippen molar-refractivity contribution in [1.29, 1.82) is 0 Å². The number of thioether (sulfide) groups is 1.